The number of halogens is 4. The van der Waals surface area contributed by atoms with Gasteiger partial charge in [-0.3, -0.25) is 4.79 Å². The summed E-state index contributed by atoms with van der Waals surface area (Å²) in [5.41, 5.74) is -0.541. The van der Waals surface area contributed by atoms with Gasteiger partial charge < -0.3 is 14.4 Å². The second-order valence-corrected chi connectivity index (χ2v) is 11.9. The zero-order chi connectivity index (χ0) is 26.1. The first-order valence-electron chi connectivity index (χ1n) is 13.2. The van der Waals surface area contributed by atoms with Gasteiger partial charge in [0.15, 0.2) is 0 Å². The molecule has 4 bridgehead atoms. The van der Waals surface area contributed by atoms with E-state index in [-0.39, 0.29) is 16.9 Å². The maximum Gasteiger partial charge on any atom is 0.414 e. The van der Waals surface area contributed by atoms with E-state index in [0.29, 0.717) is 24.0 Å². The Kier molecular flexibility index (Phi) is 5.84. The van der Waals surface area contributed by atoms with Crippen molar-refractivity contribution in [3.63, 3.8) is 0 Å². The minimum Gasteiger partial charge on any atom is -0.493 e. The van der Waals surface area contributed by atoms with Gasteiger partial charge >= 0.3 is 12.1 Å². The van der Waals surface area contributed by atoms with Gasteiger partial charge in [0.05, 0.1) is 31.4 Å². The smallest absolute Gasteiger partial charge is 0.414 e. The SMILES string of the molecule is COC(=O)C1C=C(C(F)(F)F)CN1C(=O)c1cc(C2CC2)c(OCC23CC4CC(CC(C4)C2)C3)cc1F. The number of rotatable bonds is 6. The second kappa shape index (κ2) is 8.73. The first kappa shape index (κ1) is 24.7. The molecule has 5 fully saturated rings. The average Bonchev–Trinajstić information content (AvgIpc) is 3.57. The van der Waals surface area contributed by atoms with Crippen LogP contribution >= 0.6 is 0 Å². The lowest BCUT2D eigenvalue weighted by Gasteiger charge is -2.56. The predicted molar refractivity (Wildman–Crippen MR) is 125 cm³/mol. The number of benzene rings is 1. The third-order valence-corrected chi connectivity index (χ3v) is 9.15. The number of esters is 1. The van der Waals surface area contributed by atoms with E-state index in [1.54, 1.807) is 0 Å². The number of nitrogens with zero attached hydrogens (tertiary/aromatic N) is 1. The molecule has 0 radical (unpaired) electrons. The fraction of sp³-hybridized carbons (Fsp3) is 0.643. The molecule has 1 aromatic rings. The van der Waals surface area contributed by atoms with Gasteiger partial charge in [-0.25, -0.2) is 9.18 Å². The van der Waals surface area contributed by atoms with E-state index in [1.807, 2.05) is 0 Å². The van der Waals surface area contributed by atoms with Crippen molar-refractivity contribution in [2.75, 3.05) is 20.3 Å². The van der Waals surface area contributed by atoms with Gasteiger partial charge in [-0.1, -0.05) is 0 Å². The van der Waals surface area contributed by atoms with Crippen molar-refractivity contribution in [1.29, 1.82) is 0 Å². The molecule has 1 aromatic carbocycles. The zero-order valence-corrected chi connectivity index (χ0v) is 20.8. The summed E-state index contributed by atoms with van der Waals surface area (Å²) < 4.78 is 66.3. The first-order valence-corrected chi connectivity index (χ1v) is 13.2. The summed E-state index contributed by atoms with van der Waals surface area (Å²) in [7, 11) is 1.03. The Morgan fingerprint density at radius 3 is 2.22 bits per heavy atom. The van der Waals surface area contributed by atoms with Gasteiger partial charge in [-0.15, -0.1) is 0 Å². The highest BCUT2D eigenvalue weighted by atomic mass is 19.4. The van der Waals surface area contributed by atoms with E-state index in [0.717, 1.165) is 61.9 Å². The van der Waals surface area contributed by atoms with Crippen LogP contribution in [0, 0.1) is 29.0 Å². The molecule has 200 valence electrons. The lowest BCUT2D eigenvalue weighted by molar-refractivity contribution is -0.143. The van der Waals surface area contributed by atoms with Gasteiger partial charge in [0.25, 0.3) is 5.91 Å². The van der Waals surface area contributed by atoms with E-state index >= 15 is 4.39 Å². The van der Waals surface area contributed by atoms with Gasteiger partial charge in [0, 0.05) is 11.5 Å². The Labute approximate surface area is 213 Å². The Bertz CT molecular complexity index is 1120. The molecule has 1 atom stereocenters. The third-order valence-electron chi connectivity index (χ3n) is 9.15. The topological polar surface area (TPSA) is 55.8 Å². The standard InChI is InChI=1S/C28H31F4NO4/c1-36-26(35)23-7-19(28(30,31)32)13-33(23)25(34)21-8-20(18-2-3-18)24(9-22(21)29)37-14-27-10-15-4-16(11-27)6-17(5-15)12-27/h7-9,15-18,23H,2-6,10-14H2,1H3. The first-order chi connectivity index (χ1) is 17.5. The largest absolute Gasteiger partial charge is 0.493 e. The highest BCUT2D eigenvalue weighted by Crippen LogP contribution is 2.60. The molecule has 1 unspecified atom stereocenters. The average molecular weight is 522 g/mol. The molecule has 0 saturated heterocycles. The summed E-state index contributed by atoms with van der Waals surface area (Å²) in [5, 5.41) is 0. The molecule has 0 aromatic heterocycles. The molecule has 37 heavy (non-hydrogen) atoms. The van der Waals surface area contributed by atoms with Crippen molar-refractivity contribution in [1.82, 2.24) is 4.90 Å². The fourth-order valence-electron chi connectivity index (χ4n) is 7.74. The molecule has 1 heterocycles. The van der Waals surface area contributed by atoms with Crippen molar-refractivity contribution in [2.24, 2.45) is 23.2 Å². The number of ether oxygens (including phenoxy) is 2. The molecule has 7 rings (SSSR count). The molecule has 0 N–H and O–H groups in total. The molecular weight excluding hydrogens is 490 g/mol. The molecule has 5 nitrogen and oxygen atoms in total. The molecule has 0 spiro atoms. The van der Waals surface area contributed by atoms with Crippen molar-refractivity contribution >= 4 is 11.9 Å². The Balaban J connectivity index is 1.25. The molecule has 1 aliphatic heterocycles. The second-order valence-electron chi connectivity index (χ2n) is 11.9. The summed E-state index contributed by atoms with van der Waals surface area (Å²) in [6.45, 7) is -0.317. The Morgan fingerprint density at radius 1 is 1.05 bits per heavy atom. The van der Waals surface area contributed by atoms with Crippen LogP contribution in [0.5, 0.6) is 5.75 Å². The molecular formula is C28H31F4NO4. The third kappa shape index (κ3) is 4.52. The van der Waals surface area contributed by atoms with Crippen LogP contribution in [0.2, 0.25) is 0 Å². The van der Waals surface area contributed by atoms with E-state index < -0.39 is 42.0 Å². The van der Waals surface area contributed by atoms with E-state index in [4.69, 9.17) is 4.74 Å². The van der Waals surface area contributed by atoms with Crippen LogP contribution in [0.3, 0.4) is 0 Å². The van der Waals surface area contributed by atoms with Crippen LogP contribution in [-0.4, -0.2) is 49.3 Å². The van der Waals surface area contributed by atoms with Crippen LogP contribution in [0.15, 0.2) is 23.8 Å². The number of amides is 1. The van der Waals surface area contributed by atoms with Crippen LogP contribution in [0.25, 0.3) is 0 Å². The summed E-state index contributed by atoms with van der Waals surface area (Å²) in [4.78, 5) is 26.2. The van der Waals surface area contributed by atoms with Gasteiger partial charge in [0.1, 0.15) is 17.6 Å². The minimum absolute atomic E-state index is 0.123. The van der Waals surface area contributed by atoms with Crippen molar-refractivity contribution in [2.45, 2.75) is 69.5 Å². The summed E-state index contributed by atoms with van der Waals surface area (Å²) in [6.07, 6.45) is 5.09. The van der Waals surface area contributed by atoms with E-state index in [2.05, 4.69) is 4.74 Å². The number of alkyl halides is 3. The lowest BCUT2D eigenvalue weighted by atomic mass is 9.50. The zero-order valence-electron chi connectivity index (χ0n) is 20.8. The highest BCUT2D eigenvalue weighted by molar-refractivity contribution is 5.98. The maximum atomic E-state index is 15.4. The number of hydrogen-bond donors (Lipinski definition) is 0. The summed E-state index contributed by atoms with van der Waals surface area (Å²) in [6, 6.07) is 1.07. The van der Waals surface area contributed by atoms with Crippen molar-refractivity contribution < 1.29 is 36.6 Å². The lowest BCUT2D eigenvalue weighted by Crippen LogP contribution is -2.48. The molecule has 5 aliphatic carbocycles. The summed E-state index contributed by atoms with van der Waals surface area (Å²) in [5.74, 6) is -0.0266. The number of hydrogen-bond acceptors (Lipinski definition) is 4. The molecule has 9 heteroatoms. The normalized spacial score (nSPS) is 32.5. The summed E-state index contributed by atoms with van der Waals surface area (Å²) >= 11 is 0. The Morgan fingerprint density at radius 2 is 1.68 bits per heavy atom. The molecule has 1 amide bonds. The minimum atomic E-state index is -4.71. The monoisotopic (exact) mass is 521 g/mol. The molecule has 6 aliphatic rings. The predicted octanol–water partition coefficient (Wildman–Crippen LogP) is 5.78. The van der Waals surface area contributed by atoms with Crippen LogP contribution in [0.1, 0.15) is 73.2 Å². The Hall–Kier alpha value is -2.58. The number of carbonyl (C=O) groups is 2. The van der Waals surface area contributed by atoms with Gasteiger partial charge in [-0.2, -0.15) is 13.2 Å². The number of methoxy groups -OCH3 is 1. The maximum absolute atomic E-state index is 15.4. The quantitative estimate of drug-likeness (QED) is 0.270. The van der Waals surface area contributed by atoms with Crippen LogP contribution in [-0.2, 0) is 9.53 Å². The van der Waals surface area contributed by atoms with Gasteiger partial charge in [0.2, 0.25) is 0 Å². The van der Waals surface area contributed by atoms with Crippen molar-refractivity contribution in [3.05, 3.63) is 40.7 Å². The highest BCUT2D eigenvalue weighted by Gasteiger charge is 2.51. The van der Waals surface area contributed by atoms with Gasteiger partial charge in [-0.05, 0) is 92.7 Å². The van der Waals surface area contributed by atoms with Crippen LogP contribution < -0.4 is 4.74 Å². The van der Waals surface area contributed by atoms with Crippen LogP contribution in [0.4, 0.5) is 17.6 Å². The van der Waals surface area contributed by atoms with Crippen molar-refractivity contribution in [3.8, 4) is 5.75 Å². The van der Waals surface area contributed by atoms with E-state index in [1.165, 1.54) is 31.4 Å². The number of carbonyl (C=O) groups excluding carboxylic acids is 2. The molecule has 5 saturated carbocycles. The van der Waals surface area contributed by atoms with E-state index in [9.17, 15) is 22.8 Å². The fourth-order valence-corrected chi connectivity index (χ4v) is 7.74.